The van der Waals surface area contributed by atoms with Gasteiger partial charge < -0.3 is 9.80 Å². The van der Waals surface area contributed by atoms with Crippen molar-refractivity contribution < 1.29 is 13.2 Å². The van der Waals surface area contributed by atoms with Crippen LogP contribution in [0.4, 0.5) is 0 Å². The topological polar surface area (TPSA) is 69.7 Å². The van der Waals surface area contributed by atoms with Crippen molar-refractivity contribution in [2.24, 2.45) is 0 Å². The molecule has 0 aromatic heterocycles. The van der Waals surface area contributed by atoms with Gasteiger partial charge >= 0.3 is 0 Å². The molecule has 7 heteroatoms. The lowest BCUT2D eigenvalue weighted by atomic mass is 9.93. The molecule has 0 aliphatic carbocycles. The Morgan fingerprint density at radius 2 is 1.70 bits per heavy atom. The lowest BCUT2D eigenvalue weighted by molar-refractivity contribution is -0.134. The lowest BCUT2D eigenvalue weighted by Crippen LogP contribution is -2.42. The van der Waals surface area contributed by atoms with Crippen molar-refractivity contribution in [3.05, 3.63) is 83.4 Å². The molecule has 1 fully saturated rings. The summed E-state index contributed by atoms with van der Waals surface area (Å²) in [4.78, 5) is 18.4. The number of carbonyl (C=O) groups is 1. The van der Waals surface area contributed by atoms with E-state index in [4.69, 9.17) is 0 Å². The molecular formula is C26H33N3O3S. The number of carbonyl (C=O) groups excluding carboxylic acids is 1. The molecule has 33 heavy (non-hydrogen) atoms. The first-order valence-corrected chi connectivity index (χ1v) is 13.6. The summed E-state index contributed by atoms with van der Waals surface area (Å²) in [5.41, 5.74) is 3.01. The molecule has 2 aromatic rings. The number of sulfonamides is 1. The fraction of sp³-hybridized carbons (Fsp3) is 0.423. The zero-order valence-corrected chi connectivity index (χ0v) is 20.0. The van der Waals surface area contributed by atoms with Gasteiger partial charge in [-0.15, -0.1) is 0 Å². The molecule has 6 nitrogen and oxygen atoms in total. The van der Waals surface area contributed by atoms with Crippen molar-refractivity contribution in [1.82, 2.24) is 14.5 Å². The van der Waals surface area contributed by atoms with Gasteiger partial charge in [-0.2, -0.15) is 0 Å². The molecule has 0 radical (unpaired) electrons. The molecular weight excluding hydrogens is 434 g/mol. The molecule has 0 spiro atoms. The van der Waals surface area contributed by atoms with Gasteiger partial charge in [0.05, 0.1) is 18.2 Å². The van der Waals surface area contributed by atoms with Crippen LogP contribution in [0, 0.1) is 0 Å². The van der Waals surface area contributed by atoms with Gasteiger partial charge in [0, 0.05) is 19.6 Å². The molecule has 0 saturated carbocycles. The summed E-state index contributed by atoms with van der Waals surface area (Å²) < 4.78 is 25.2. The highest BCUT2D eigenvalue weighted by atomic mass is 32.2. The van der Waals surface area contributed by atoms with E-state index in [0.717, 1.165) is 37.0 Å². The van der Waals surface area contributed by atoms with Crippen LogP contribution in [0.15, 0.2) is 66.7 Å². The minimum Gasteiger partial charge on any atom is -0.330 e. The predicted octanol–water partition coefficient (Wildman–Crippen LogP) is 3.45. The van der Waals surface area contributed by atoms with E-state index in [1.54, 1.807) is 0 Å². The summed E-state index contributed by atoms with van der Waals surface area (Å²) in [7, 11) is -3.24. The van der Waals surface area contributed by atoms with Gasteiger partial charge in [-0.1, -0.05) is 66.7 Å². The Kier molecular flexibility index (Phi) is 7.63. The standard InChI is InChI=1S/C26H33N3O3S/c1-33(31,32)27-19-21-12-14-22(15-13-21)24-11-5-6-18-29(26(24)30)25(20-28-16-7-8-17-28)23-9-3-2-4-10-23/h2-6,9-10,12-15,24-25,27H,7-8,11,16-20H2,1H3/t24?,25-/m1/s1. The first-order valence-electron chi connectivity index (χ1n) is 11.7. The molecule has 176 valence electrons. The van der Waals surface area contributed by atoms with E-state index >= 15 is 0 Å². The molecule has 1 amide bonds. The number of hydrogen-bond acceptors (Lipinski definition) is 4. The van der Waals surface area contributed by atoms with E-state index in [1.807, 2.05) is 47.4 Å². The van der Waals surface area contributed by atoms with Crippen molar-refractivity contribution in [2.45, 2.75) is 37.8 Å². The van der Waals surface area contributed by atoms with Crippen molar-refractivity contribution >= 4 is 15.9 Å². The number of nitrogens with one attached hydrogen (secondary N) is 1. The second-order valence-corrected chi connectivity index (χ2v) is 10.9. The maximum absolute atomic E-state index is 13.9. The molecule has 2 aliphatic rings. The van der Waals surface area contributed by atoms with Crippen LogP contribution in [-0.4, -0.2) is 56.6 Å². The Bertz CT molecular complexity index is 1060. The first kappa shape index (κ1) is 23.7. The maximum atomic E-state index is 13.9. The van der Waals surface area contributed by atoms with Crippen molar-refractivity contribution in [3.8, 4) is 0 Å². The Labute approximate surface area is 197 Å². The number of nitrogens with zero attached hydrogens (tertiary/aromatic N) is 2. The molecule has 1 unspecified atom stereocenters. The minimum absolute atomic E-state index is 0.0142. The molecule has 2 heterocycles. The summed E-state index contributed by atoms with van der Waals surface area (Å²) in [5, 5.41) is 0. The van der Waals surface area contributed by atoms with Crippen LogP contribution in [0.1, 0.15) is 47.9 Å². The largest absolute Gasteiger partial charge is 0.330 e. The average Bonchev–Trinajstić information content (AvgIpc) is 3.25. The van der Waals surface area contributed by atoms with Gasteiger partial charge in [0.15, 0.2) is 0 Å². The van der Waals surface area contributed by atoms with Crippen molar-refractivity contribution in [1.29, 1.82) is 0 Å². The van der Waals surface area contributed by atoms with Crippen molar-refractivity contribution in [2.75, 3.05) is 32.4 Å². The summed E-state index contributed by atoms with van der Waals surface area (Å²) in [6, 6.07) is 18.1. The Balaban J connectivity index is 1.56. The lowest BCUT2D eigenvalue weighted by Gasteiger charge is -2.35. The molecule has 4 rings (SSSR count). The molecule has 2 atom stereocenters. The SMILES string of the molecule is CS(=O)(=O)NCc1ccc(C2CC=CCN([C@H](CN3CCCC3)c3ccccc3)C2=O)cc1. The third-order valence-electron chi connectivity index (χ3n) is 6.53. The third-order valence-corrected chi connectivity index (χ3v) is 7.20. The van der Waals surface area contributed by atoms with Gasteiger partial charge in [-0.3, -0.25) is 4.79 Å². The average molecular weight is 468 g/mol. The molecule has 2 aliphatic heterocycles. The number of rotatable bonds is 8. The van der Waals surface area contributed by atoms with Crippen molar-refractivity contribution in [3.63, 3.8) is 0 Å². The van der Waals surface area contributed by atoms with Crippen LogP contribution in [-0.2, 0) is 21.4 Å². The van der Waals surface area contributed by atoms with E-state index in [2.05, 4.69) is 33.9 Å². The Morgan fingerprint density at radius 1 is 1.00 bits per heavy atom. The molecule has 2 aromatic carbocycles. The van der Waals surface area contributed by atoms with E-state index in [1.165, 1.54) is 18.4 Å². The van der Waals surface area contributed by atoms with Crippen LogP contribution in [0.25, 0.3) is 0 Å². The van der Waals surface area contributed by atoms with E-state index in [0.29, 0.717) is 13.0 Å². The quantitative estimate of drug-likeness (QED) is 0.604. The summed E-state index contributed by atoms with van der Waals surface area (Å²) in [6.07, 6.45) is 8.48. The molecule has 1 saturated heterocycles. The van der Waals surface area contributed by atoms with Gasteiger partial charge in [0.1, 0.15) is 0 Å². The van der Waals surface area contributed by atoms with Crippen LogP contribution in [0.5, 0.6) is 0 Å². The zero-order valence-electron chi connectivity index (χ0n) is 19.2. The number of hydrogen-bond donors (Lipinski definition) is 1. The van der Waals surface area contributed by atoms with Gasteiger partial charge in [-0.05, 0) is 49.0 Å². The highest BCUT2D eigenvalue weighted by Crippen LogP contribution is 2.32. The number of likely N-dealkylation sites (tertiary alicyclic amines) is 1. The van der Waals surface area contributed by atoms with Crippen LogP contribution in [0.2, 0.25) is 0 Å². The number of allylic oxidation sites excluding steroid dienone is 1. The molecule has 0 bridgehead atoms. The fourth-order valence-corrected chi connectivity index (χ4v) is 5.15. The first-order chi connectivity index (χ1) is 15.9. The minimum atomic E-state index is -3.24. The zero-order chi connectivity index (χ0) is 23.3. The summed E-state index contributed by atoms with van der Waals surface area (Å²) >= 11 is 0. The Morgan fingerprint density at radius 3 is 2.36 bits per heavy atom. The van der Waals surface area contributed by atoms with Gasteiger partial charge in [0.2, 0.25) is 15.9 Å². The molecule has 1 N–H and O–H groups in total. The second-order valence-electron chi connectivity index (χ2n) is 9.02. The van der Waals surface area contributed by atoms with E-state index in [-0.39, 0.29) is 24.4 Å². The van der Waals surface area contributed by atoms with Crippen LogP contribution >= 0.6 is 0 Å². The highest BCUT2D eigenvalue weighted by molar-refractivity contribution is 7.88. The summed E-state index contributed by atoms with van der Waals surface area (Å²) in [5.74, 6) is -0.0967. The second kappa shape index (κ2) is 10.6. The van der Waals surface area contributed by atoms with Crippen LogP contribution < -0.4 is 4.72 Å². The van der Waals surface area contributed by atoms with Gasteiger partial charge in [0.25, 0.3) is 0 Å². The third kappa shape index (κ3) is 6.31. The number of benzene rings is 2. The fourth-order valence-electron chi connectivity index (χ4n) is 4.72. The maximum Gasteiger partial charge on any atom is 0.231 e. The highest BCUT2D eigenvalue weighted by Gasteiger charge is 2.33. The Hall–Kier alpha value is -2.48. The normalized spacial score (nSPS) is 20.7. The van der Waals surface area contributed by atoms with Crippen LogP contribution in [0.3, 0.4) is 0 Å². The van der Waals surface area contributed by atoms with E-state index < -0.39 is 10.0 Å². The number of amides is 1. The smallest absolute Gasteiger partial charge is 0.231 e. The van der Waals surface area contributed by atoms with E-state index in [9.17, 15) is 13.2 Å². The monoisotopic (exact) mass is 467 g/mol. The van der Waals surface area contributed by atoms with Gasteiger partial charge in [-0.25, -0.2) is 13.1 Å². The summed E-state index contributed by atoms with van der Waals surface area (Å²) in [6.45, 7) is 3.89. The predicted molar refractivity (Wildman–Crippen MR) is 131 cm³/mol.